The van der Waals surface area contributed by atoms with E-state index in [1.54, 1.807) is 36.4 Å². The zero-order valence-corrected chi connectivity index (χ0v) is 15.8. The smallest absolute Gasteiger partial charge is 0.325 e. The molecule has 0 bridgehead atoms. The van der Waals surface area contributed by atoms with Gasteiger partial charge in [-0.15, -0.1) is 0 Å². The highest BCUT2D eigenvalue weighted by Crippen LogP contribution is 2.41. The number of amides is 3. The first-order valence-electron chi connectivity index (χ1n) is 9.02. The van der Waals surface area contributed by atoms with Gasteiger partial charge in [0.25, 0.3) is 5.91 Å². The molecule has 5 rings (SSSR count). The molecule has 0 unspecified atom stereocenters. The third-order valence-electron chi connectivity index (χ3n) is 5.12. The molecule has 1 spiro atoms. The van der Waals surface area contributed by atoms with Gasteiger partial charge >= 0.3 is 6.03 Å². The minimum Gasteiger partial charge on any atom is -0.493 e. The zero-order chi connectivity index (χ0) is 20.0. The van der Waals surface area contributed by atoms with Crippen molar-refractivity contribution >= 4 is 23.5 Å². The first-order valence-corrected chi connectivity index (χ1v) is 9.39. The standard InChI is InChI=1S/C20H15ClN4O4/c21-13-7-5-12(6-8-13)17-22-16(29-24-17)11-25-18(26)20(23-19(25)27)9-10-28-15-4-2-1-3-14(15)20/h1-8H,9-11H2,(H,23,27)/t20-/m1/s1. The van der Waals surface area contributed by atoms with Crippen molar-refractivity contribution in [3.05, 3.63) is 65.0 Å². The van der Waals surface area contributed by atoms with Crippen LogP contribution >= 0.6 is 11.6 Å². The molecule has 146 valence electrons. The Hall–Kier alpha value is -3.39. The molecule has 2 aromatic carbocycles. The van der Waals surface area contributed by atoms with E-state index in [2.05, 4.69) is 15.5 Å². The van der Waals surface area contributed by atoms with E-state index in [9.17, 15) is 9.59 Å². The van der Waals surface area contributed by atoms with Crippen molar-refractivity contribution in [2.24, 2.45) is 0 Å². The van der Waals surface area contributed by atoms with Gasteiger partial charge in [-0.3, -0.25) is 9.69 Å². The van der Waals surface area contributed by atoms with Gasteiger partial charge in [-0.1, -0.05) is 35.0 Å². The van der Waals surface area contributed by atoms with Gasteiger partial charge in [0.1, 0.15) is 12.3 Å². The number of imide groups is 1. The van der Waals surface area contributed by atoms with Gasteiger partial charge in [0.05, 0.1) is 6.61 Å². The Balaban J connectivity index is 1.42. The lowest BCUT2D eigenvalue weighted by molar-refractivity contribution is -0.133. The van der Waals surface area contributed by atoms with Crippen LogP contribution in [0.3, 0.4) is 0 Å². The molecule has 0 radical (unpaired) electrons. The van der Waals surface area contributed by atoms with E-state index in [0.29, 0.717) is 35.2 Å². The average Bonchev–Trinajstić information content (AvgIpc) is 3.29. The summed E-state index contributed by atoms with van der Waals surface area (Å²) in [6.07, 6.45) is 0.352. The van der Waals surface area contributed by atoms with Crippen LogP contribution in [0.2, 0.25) is 5.02 Å². The fraction of sp³-hybridized carbons (Fsp3) is 0.200. The van der Waals surface area contributed by atoms with Gasteiger partial charge in [-0.25, -0.2) is 4.79 Å². The second-order valence-electron chi connectivity index (χ2n) is 6.84. The van der Waals surface area contributed by atoms with E-state index < -0.39 is 11.6 Å². The van der Waals surface area contributed by atoms with Gasteiger partial charge in [0.2, 0.25) is 11.7 Å². The second kappa shape index (κ2) is 6.59. The van der Waals surface area contributed by atoms with Gasteiger partial charge in [0, 0.05) is 22.6 Å². The Morgan fingerprint density at radius 2 is 1.93 bits per heavy atom. The van der Waals surface area contributed by atoms with Gasteiger partial charge in [0.15, 0.2) is 5.54 Å². The predicted molar refractivity (Wildman–Crippen MR) is 102 cm³/mol. The summed E-state index contributed by atoms with van der Waals surface area (Å²) in [5.41, 5.74) is 0.237. The Bertz CT molecular complexity index is 1110. The maximum absolute atomic E-state index is 13.3. The Labute approximate surface area is 170 Å². The van der Waals surface area contributed by atoms with Crippen LogP contribution in [0.1, 0.15) is 17.9 Å². The van der Waals surface area contributed by atoms with Crippen LogP contribution in [0.15, 0.2) is 53.1 Å². The molecule has 1 atom stereocenters. The number of rotatable bonds is 3. The Morgan fingerprint density at radius 1 is 1.14 bits per heavy atom. The van der Waals surface area contributed by atoms with E-state index >= 15 is 0 Å². The van der Waals surface area contributed by atoms with Gasteiger partial charge in [-0.2, -0.15) is 4.98 Å². The highest BCUT2D eigenvalue weighted by Gasteiger charge is 2.55. The van der Waals surface area contributed by atoms with Crippen molar-refractivity contribution in [3.8, 4) is 17.1 Å². The molecule has 8 nitrogen and oxygen atoms in total. The SMILES string of the molecule is O=C1N[C@@]2(CCOc3ccccc32)C(=O)N1Cc1nc(-c2ccc(Cl)cc2)no1. The molecular formula is C20H15ClN4O4. The maximum atomic E-state index is 13.3. The number of hydrogen-bond acceptors (Lipinski definition) is 6. The molecule has 3 heterocycles. The third kappa shape index (κ3) is 2.84. The number of carbonyl (C=O) groups is 2. The number of carbonyl (C=O) groups excluding carboxylic acids is 2. The first-order chi connectivity index (χ1) is 14.1. The van der Waals surface area contributed by atoms with E-state index in [-0.39, 0.29) is 18.3 Å². The largest absolute Gasteiger partial charge is 0.493 e. The molecule has 0 aliphatic carbocycles. The van der Waals surface area contributed by atoms with Crippen LogP contribution in [0, 0.1) is 0 Å². The summed E-state index contributed by atoms with van der Waals surface area (Å²) >= 11 is 5.89. The molecule has 0 saturated carbocycles. The van der Waals surface area contributed by atoms with Crippen molar-refractivity contribution in [3.63, 3.8) is 0 Å². The molecule has 2 aliphatic rings. The number of fused-ring (bicyclic) bond motifs is 2. The maximum Gasteiger partial charge on any atom is 0.325 e. The van der Waals surface area contributed by atoms with Gasteiger partial charge in [-0.05, 0) is 30.3 Å². The molecule has 1 fully saturated rings. The molecule has 1 N–H and O–H groups in total. The molecule has 1 saturated heterocycles. The molecular weight excluding hydrogens is 396 g/mol. The van der Waals surface area contributed by atoms with Crippen LogP contribution in [-0.2, 0) is 16.9 Å². The lowest BCUT2D eigenvalue weighted by atomic mass is 9.84. The van der Waals surface area contributed by atoms with Crippen molar-refractivity contribution in [1.82, 2.24) is 20.4 Å². The van der Waals surface area contributed by atoms with Crippen molar-refractivity contribution in [2.75, 3.05) is 6.61 Å². The van der Waals surface area contributed by atoms with E-state index in [1.165, 1.54) is 0 Å². The van der Waals surface area contributed by atoms with Crippen LogP contribution in [0.25, 0.3) is 11.4 Å². The fourth-order valence-corrected chi connectivity index (χ4v) is 3.81. The number of para-hydroxylation sites is 1. The molecule has 3 amide bonds. The number of nitrogens with zero attached hydrogens (tertiary/aromatic N) is 3. The lowest BCUT2D eigenvalue weighted by Crippen LogP contribution is -2.47. The molecule has 2 aliphatic heterocycles. The van der Waals surface area contributed by atoms with Crippen molar-refractivity contribution in [1.29, 1.82) is 0 Å². The summed E-state index contributed by atoms with van der Waals surface area (Å²) in [6, 6.07) is 13.7. The van der Waals surface area contributed by atoms with E-state index in [4.69, 9.17) is 20.9 Å². The topological polar surface area (TPSA) is 97.6 Å². The summed E-state index contributed by atoms with van der Waals surface area (Å²) in [5, 5.41) is 7.37. The van der Waals surface area contributed by atoms with Crippen molar-refractivity contribution in [2.45, 2.75) is 18.5 Å². The third-order valence-corrected chi connectivity index (χ3v) is 5.37. The Kier molecular flexibility index (Phi) is 4.02. The minimum absolute atomic E-state index is 0.115. The first kappa shape index (κ1) is 17.7. The summed E-state index contributed by atoms with van der Waals surface area (Å²) in [4.78, 5) is 31.3. The lowest BCUT2D eigenvalue weighted by Gasteiger charge is -2.33. The van der Waals surface area contributed by atoms with Crippen LogP contribution in [-0.4, -0.2) is 33.6 Å². The van der Waals surface area contributed by atoms with E-state index in [1.807, 2.05) is 12.1 Å². The molecule has 29 heavy (non-hydrogen) atoms. The number of hydrogen-bond donors (Lipinski definition) is 1. The summed E-state index contributed by atoms with van der Waals surface area (Å²) in [5.74, 6) is 0.757. The number of aromatic nitrogens is 2. The number of halogens is 1. The summed E-state index contributed by atoms with van der Waals surface area (Å²) in [7, 11) is 0. The predicted octanol–water partition coefficient (Wildman–Crippen LogP) is 3.12. The minimum atomic E-state index is -1.13. The highest BCUT2D eigenvalue weighted by atomic mass is 35.5. The fourth-order valence-electron chi connectivity index (χ4n) is 3.69. The van der Waals surface area contributed by atoms with Crippen molar-refractivity contribution < 1.29 is 18.8 Å². The van der Waals surface area contributed by atoms with E-state index in [0.717, 1.165) is 10.5 Å². The molecule has 9 heteroatoms. The van der Waals surface area contributed by atoms with Crippen LogP contribution in [0.4, 0.5) is 4.79 Å². The highest BCUT2D eigenvalue weighted by molar-refractivity contribution is 6.30. The second-order valence-corrected chi connectivity index (χ2v) is 7.28. The van der Waals surface area contributed by atoms with Crippen LogP contribution < -0.4 is 10.1 Å². The normalized spacial score (nSPS) is 20.5. The quantitative estimate of drug-likeness (QED) is 0.666. The monoisotopic (exact) mass is 410 g/mol. The Morgan fingerprint density at radius 3 is 2.76 bits per heavy atom. The molecule has 1 aromatic heterocycles. The summed E-state index contributed by atoms with van der Waals surface area (Å²) in [6.45, 7) is 0.216. The zero-order valence-electron chi connectivity index (χ0n) is 15.1. The number of ether oxygens (including phenoxy) is 1. The van der Waals surface area contributed by atoms with Gasteiger partial charge < -0.3 is 14.6 Å². The number of nitrogens with one attached hydrogen (secondary N) is 1. The number of benzene rings is 2. The summed E-state index contributed by atoms with van der Waals surface area (Å²) < 4.78 is 10.9. The van der Waals surface area contributed by atoms with Crippen LogP contribution in [0.5, 0.6) is 5.75 Å². The molecule has 3 aromatic rings. The average molecular weight is 411 g/mol. The number of urea groups is 1.